The highest BCUT2D eigenvalue weighted by molar-refractivity contribution is 6.03. The summed E-state index contributed by atoms with van der Waals surface area (Å²) in [5, 5.41) is 9.24. The Hall–Kier alpha value is -5.59. The lowest BCUT2D eigenvalue weighted by Gasteiger charge is -2.35. The molecule has 6 heterocycles. The van der Waals surface area contributed by atoms with Crippen molar-refractivity contribution >= 4 is 34.4 Å². The van der Waals surface area contributed by atoms with Gasteiger partial charge >= 0.3 is 5.69 Å². The summed E-state index contributed by atoms with van der Waals surface area (Å²) in [6.07, 6.45) is 13.0. The number of hydrogen-bond acceptors (Lipinski definition) is 11. The van der Waals surface area contributed by atoms with Gasteiger partial charge < -0.3 is 19.4 Å². The number of carbonyl (C=O) groups excluding carboxylic acids is 3. The van der Waals surface area contributed by atoms with Crippen LogP contribution in [0.5, 0.6) is 0 Å². The third-order valence-electron chi connectivity index (χ3n) is 14.0. The number of alkyl halides is 2. The van der Waals surface area contributed by atoms with Gasteiger partial charge in [0.15, 0.2) is 11.4 Å². The smallest absolute Gasteiger partial charge is 0.329 e. The fourth-order valence-corrected chi connectivity index (χ4v) is 10.0. The van der Waals surface area contributed by atoms with Crippen molar-refractivity contribution in [1.82, 2.24) is 44.0 Å². The van der Waals surface area contributed by atoms with Crippen LogP contribution in [0.3, 0.4) is 0 Å². The first-order valence-corrected chi connectivity index (χ1v) is 23.6. The Morgan fingerprint density at radius 3 is 2.61 bits per heavy atom. The van der Waals surface area contributed by atoms with E-state index in [4.69, 9.17) is 9.15 Å². The molecule has 2 atom stereocenters. The highest BCUT2D eigenvalue weighted by Crippen LogP contribution is 2.36. The number of carbonyl (C=O) groups is 3. The van der Waals surface area contributed by atoms with E-state index in [9.17, 15) is 28.0 Å². The monoisotopic (exact) mass is 910 g/mol. The number of amides is 3. The van der Waals surface area contributed by atoms with Crippen LogP contribution in [-0.4, -0.2) is 109 Å². The number of ether oxygens (including phenoxy) is 1. The minimum atomic E-state index is -2.86. The molecule has 4 aliphatic rings. The summed E-state index contributed by atoms with van der Waals surface area (Å²) in [5.74, 6) is 0.147. The summed E-state index contributed by atoms with van der Waals surface area (Å²) in [6.45, 7) is 5.25. The summed E-state index contributed by atoms with van der Waals surface area (Å²) in [5.41, 5.74) is 3.49. The van der Waals surface area contributed by atoms with Crippen LogP contribution < -0.4 is 16.3 Å². The van der Waals surface area contributed by atoms with E-state index in [0.29, 0.717) is 30.0 Å². The first-order chi connectivity index (χ1) is 31.9. The molecule has 2 aliphatic heterocycles. The number of pyridine rings is 1. The summed E-state index contributed by atoms with van der Waals surface area (Å²) in [4.78, 5) is 64.3. The molecule has 1 aromatic carbocycles. The zero-order valence-corrected chi connectivity index (χ0v) is 37.8. The Balaban J connectivity index is 0.703. The number of fused-ring (bicyclic) bond motifs is 1. The van der Waals surface area contributed by atoms with E-state index in [1.165, 1.54) is 29.9 Å². The van der Waals surface area contributed by atoms with E-state index in [0.717, 1.165) is 113 Å². The van der Waals surface area contributed by atoms with Gasteiger partial charge in [-0.3, -0.25) is 43.4 Å². The number of piperidine rings is 1. The maximum atomic E-state index is 14.2. The fourth-order valence-electron chi connectivity index (χ4n) is 10.0. The molecule has 0 bridgehead atoms. The van der Waals surface area contributed by atoms with Crippen molar-refractivity contribution in [2.45, 2.75) is 108 Å². The second-order valence-corrected chi connectivity index (χ2v) is 18.8. The van der Waals surface area contributed by atoms with Crippen LogP contribution in [0, 0.1) is 11.8 Å². The molecular weight excluding hydrogens is 851 g/mol. The molecular formula is C48H60F2N10O6. The van der Waals surface area contributed by atoms with Gasteiger partial charge in [-0.1, -0.05) is 18.9 Å². The zero-order chi connectivity index (χ0) is 45.9. The van der Waals surface area contributed by atoms with Gasteiger partial charge in [0.1, 0.15) is 12.3 Å². The summed E-state index contributed by atoms with van der Waals surface area (Å²) >= 11 is 0. The number of rotatable bonds is 18. The second kappa shape index (κ2) is 20.1. The first-order valence-electron chi connectivity index (χ1n) is 23.6. The number of imidazole rings is 1. The van der Waals surface area contributed by atoms with Crippen molar-refractivity contribution in [3.63, 3.8) is 0 Å². The quantitative estimate of drug-likeness (QED) is 0.0921. The number of imide groups is 1. The van der Waals surface area contributed by atoms with Gasteiger partial charge in [-0.25, -0.2) is 18.6 Å². The lowest BCUT2D eigenvalue weighted by molar-refractivity contribution is -0.135. The van der Waals surface area contributed by atoms with Gasteiger partial charge in [-0.2, -0.15) is 5.10 Å². The molecule has 2 saturated heterocycles. The van der Waals surface area contributed by atoms with Gasteiger partial charge in [-0.05, 0) is 119 Å². The number of aryl methyl sites for hydroxylation is 3. The van der Waals surface area contributed by atoms with E-state index >= 15 is 0 Å². The van der Waals surface area contributed by atoms with Crippen LogP contribution in [0.1, 0.15) is 117 Å². The summed E-state index contributed by atoms with van der Waals surface area (Å²) in [7, 11) is 3.87. The zero-order valence-electron chi connectivity index (χ0n) is 37.8. The lowest BCUT2D eigenvalue weighted by atomic mass is 9.86. The third-order valence-corrected chi connectivity index (χ3v) is 14.0. The van der Waals surface area contributed by atoms with Crippen LogP contribution in [0.4, 0.5) is 14.5 Å². The number of anilines is 1. The molecule has 352 valence electrons. The molecule has 18 heteroatoms. The van der Waals surface area contributed by atoms with Crippen molar-refractivity contribution in [2.24, 2.45) is 18.9 Å². The second-order valence-electron chi connectivity index (χ2n) is 18.8. The standard InChI is InChI=1S/C48H60F2N10O6/c1-56(21-18-36-27-58(22-23-65-36)20-3-4-31-10-14-39-41(24-31)57(2)48(64)60(39)40-15-16-42(61)54-46(40)63)26-32-8-12-35(13-9-32)59-28-37(43(55-59)44(49)50)52-45(62)38-29-66-47(53-38)33-17-19-51-34(25-33)11-7-30-5-6-30/h10,14,17,19,24-25,28-30,32,35-36,40,44H,3-9,11-13,15-16,18,20-23,26-27H2,1-2H3,(H,52,62)(H,54,61,63)/t32?,35?,36-,40?/m1/s1. The largest absolute Gasteiger partial charge is 0.444 e. The van der Waals surface area contributed by atoms with Crippen molar-refractivity contribution in [3.05, 3.63) is 82.1 Å². The summed E-state index contributed by atoms with van der Waals surface area (Å²) in [6, 6.07) is 8.93. The minimum Gasteiger partial charge on any atom is -0.444 e. The van der Waals surface area contributed by atoms with Crippen LogP contribution in [0.15, 0.2) is 58.2 Å². The highest BCUT2D eigenvalue weighted by Gasteiger charge is 2.32. The van der Waals surface area contributed by atoms with Crippen molar-refractivity contribution in [2.75, 3.05) is 51.7 Å². The topological polar surface area (TPSA) is 175 Å². The maximum absolute atomic E-state index is 14.2. The molecule has 2 N–H and O–H groups in total. The molecule has 0 radical (unpaired) electrons. The average molecular weight is 911 g/mol. The van der Waals surface area contributed by atoms with Gasteiger partial charge in [0, 0.05) is 63.3 Å². The Morgan fingerprint density at radius 1 is 1.00 bits per heavy atom. The van der Waals surface area contributed by atoms with E-state index < -0.39 is 30.0 Å². The molecule has 2 saturated carbocycles. The van der Waals surface area contributed by atoms with Crippen LogP contribution in [-0.2, 0) is 34.2 Å². The number of morpholine rings is 1. The lowest BCUT2D eigenvalue weighted by Crippen LogP contribution is -2.44. The molecule has 16 nitrogen and oxygen atoms in total. The van der Waals surface area contributed by atoms with Gasteiger partial charge in [-0.15, -0.1) is 0 Å². The van der Waals surface area contributed by atoms with Crippen LogP contribution >= 0.6 is 0 Å². The SMILES string of the molecule is CN(CC[C@@H]1CN(CCCc2ccc3c(c2)n(C)c(=O)n3C2CCC(=O)NC2=O)CCO1)CC1CCC(n2cc(NC(=O)c3coc(-c4ccnc(CCC5CC5)c4)n3)c(C(F)F)n2)CC1. The molecule has 0 spiro atoms. The maximum Gasteiger partial charge on any atom is 0.329 e. The Morgan fingerprint density at radius 2 is 1.82 bits per heavy atom. The van der Waals surface area contributed by atoms with Crippen LogP contribution in [0.2, 0.25) is 0 Å². The Labute approximate surface area is 382 Å². The van der Waals surface area contributed by atoms with E-state index in [-0.39, 0.29) is 47.4 Å². The molecule has 2 aliphatic carbocycles. The normalized spacial score (nSPS) is 21.8. The van der Waals surface area contributed by atoms with Gasteiger partial charge in [0.2, 0.25) is 17.7 Å². The van der Waals surface area contributed by atoms with Crippen LogP contribution in [0.25, 0.3) is 22.5 Å². The predicted octanol–water partition coefficient (Wildman–Crippen LogP) is 6.48. The third kappa shape index (κ3) is 10.7. The number of nitrogens with zero attached hydrogens (tertiary/aromatic N) is 8. The average Bonchev–Trinajstić information content (AvgIpc) is 3.73. The molecule has 1 unspecified atom stereocenters. The molecule has 3 amide bonds. The van der Waals surface area contributed by atoms with E-state index in [1.54, 1.807) is 28.6 Å². The number of nitrogens with one attached hydrogen (secondary N) is 2. The predicted molar refractivity (Wildman–Crippen MR) is 242 cm³/mol. The fraction of sp³-hybridized carbons (Fsp3) is 0.562. The Kier molecular flexibility index (Phi) is 13.9. The van der Waals surface area contributed by atoms with E-state index in [2.05, 4.69) is 42.5 Å². The van der Waals surface area contributed by atoms with Crippen molar-refractivity contribution in [1.29, 1.82) is 0 Å². The molecule has 5 aromatic rings. The number of hydrogen-bond donors (Lipinski definition) is 2. The molecule has 4 aromatic heterocycles. The molecule has 4 fully saturated rings. The first kappa shape index (κ1) is 45.6. The minimum absolute atomic E-state index is 0.00716. The Bertz CT molecular complexity index is 2590. The number of halogens is 2. The van der Waals surface area contributed by atoms with Gasteiger partial charge in [0.25, 0.3) is 12.3 Å². The van der Waals surface area contributed by atoms with Crippen molar-refractivity contribution < 1.29 is 32.3 Å². The van der Waals surface area contributed by atoms with E-state index in [1.807, 2.05) is 24.3 Å². The van der Waals surface area contributed by atoms with Crippen molar-refractivity contribution in [3.8, 4) is 11.5 Å². The molecule has 66 heavy (non-hydrogen) atoms. The summed E-state index contributed by atoms with van der Waals surface area (Å²) < 4.78 is 44.9. The van der Waals surface area contributed by atoms with Gasteiger partial charge in [0.05, 0.1) is 35.5 Å². The number of benzene rings is 1. The molecule has 9 rings (SSSR count). The number of aromatic nitrogens is 6. The highest BCUT2D eigenvalue weighted by atomic mass is 19.3. The number of oxazole rings is 1.